The Kier molecular flexibility index (Phi) is 5.36. The van der Waals surface area contributed by atoms with E-state index in [2.05, 4.69) is 20.5 Å². The number of carbonyl (C=O) groups excluding carboxylic acids is 1. The highest BCUT2D eigenvalue weighted by Crippen LogP contribution is 2.35. The van der Waals surface area contributed by atoms with E-state index in [-0.39, 0.29) is 12.7 Å². The van der Waals surface area contributed by atoms with Crippen molar-refractivity contribution in [3.63, 3.8) is 0 Å². The van der Waals surface area contributed by atoms with Gasteiger partial charge in [0.15, 0.2) is 11.5 Å². The number of pyridine rings is 1. The molecular weight excluding hydrogens is 348 g/mol. The van der Waals surface area contributed by atoms with Gasteiger partial charge >= 0.3 is 0 Å². The molecule has 142 valence electrons. The van der Waals surface area contributed by atoms with Crippen LogP contribution in [0.4, 0.5) is 11.4 Å². The number of morpholine rings is 1. The van der Waals surface area contributed by atoms with Crippen LogP contribution in [0.3, 0.4) is 0 Å². The monoisotopic (exact) mass is 370 g/mol. The third-order valence-electron chi connectivity index (χ3n) is 4.47. The largest absolute Gasteiger partial charge is 0.454 e. The molecule has 0 atom stereocenters. The van der Waals surface area contributed by atoms with Crippen molar-refractivity contribution in [3.05, 3.63) is 42.2 Å². The lowest BCUT2D eigenvalue weighted by Crippen LogP contribution is -2.41. The maximum Gasteiger partial charge on any atom is 0.269 e. The summed E-state index contributed by atoms with van der Waals surface area (Å²) in [6.07, 6.45) is 1.62. The van der Waals surface area contributed by atoms with Crippen LogP contribution >= 0.6 is 0 Å². The number of hydrogen-bond donors (Lipinski definition) is 2. The minimum Gasteiger partial charge on any atom is -0.454 e. The first-order valence-electron chi connectivity index (χ1n) is 8.99. The number of aromatic nitrogens is 1. The third kappa shape index (κ3) is 4.47. The topological polar surface area (TPSA) is 85.0 Å². The molecule has 2 N–H and O–H groups in total. The lowest BCUT2D eigenvalue weighted by molar-refractivity contribution is 0.0383. The molecule has 2 aliphatic heterocycles. The molecule has 3 heterocycles. The van der Waals surface area contributed by atoms with E-state index in [1.54, 1.807) is 12.3 Å². The Labute approximate surface area is 157 Å². The second kappa shape index (κ2) is 8.24. The maximum absolute atomic E-state index is 12.4. The molecule has 0 bridgehead atoms. The Morgan fingerprint density at radius 3 is 2.78 bits per heavy atom. The van der Waals surface area contributed by atoms with Crippen LogP contribution in [0.15, 0.2) is 36.5 Å². The fraction of sp³-hybridized carbons (Fsp3) is 0.368. The zero-order chi connectivity index (χ0) is 18.5. The van der Waals surface area contributed by atoms with Crippen LogP contribution in [0.25, 0.3) is 0 Å². The summed E-state index contributed by atoms with van der Waals surface area (Å²) in [4.78, 5) is 18.8. The Morgan fingerprint density at radius 2 is 1.89 bits per heavy atom. The molecule has 8 heteroatoms. The van der Waals surface area contributed by atoms with Gasteiger partial charge in [0.25, 0.3) is 5.91 Å². The number of nitrogens with zero attached hydrogens (tertiary/aromatic N) is 2. The summed E-state index contributed by atoms with van der Waals surface area (Å²) in [5.74, 6) is 1.25. The summed E-state index contributed by atoms with van der Waals surface area (Å²) < 4.78 is 16.0. The zero-order valence-corrected chi connectivity index (χ0v) is 14.9. The van der Waals surface area contributed by atoms with Crippen LogP contribution < -0.4 is 20.1 Å². The van der Waals surface area contributed by atoms with Gasteiger partial charge in [0, 0.05) is 49.8 Å². The number of fused-ring (bicyclic) bond motifs is 1. The van der Waals surface area contributed by atoms with Crippen LogP contribution in [0.1, 0.15) is 10.5 Å². The number of ether oxygens (including phenoxy) is 3. The minimum absolute atomic E-state index is 0.183. The highest BCUT2D eigenvalue weighted by Gasteiger charge is 2.14. The van der Waals surface area contributed by atoms with E-state index in [0.29, 0.717) is 18.0 Å². The van der Waals surface area contributed by atoms with Crippen molar-refractivity contribution in [3.8, 4) is 11.5 Å². The molecule has 1 fully saturated rings. The highest BCUT2D eigenvalue weighted by molar-refractivity contribution is 5.93. The Morgan fingerprint density at radius 1 is 1.07 bits per heavy atom. The van der Waals surface area contributed by atoms with Gasteiger partial charge in [0.1, 0.15) is 5.69 Å². The number of amides is 1. The fourth-order valence-corrected chi connectivity index (χ4v) is 3.02. The first kappa shape index (κ1) is 17.6. The fourth-order valence-electron chi connectivity index (χ4n) is 3.02. The molecule has 1 aromatic heterocycles. The van der Waals surface area contributed by atoms with Crippen molar-refractivity contribution in [2.75, 3.05) is 51.5 Å². The minimum atomic E-state index is -0.183. The van der Waals surface area contributed by atoms with Crippen molar-refractivity contribution in [2.45, 2.75) is 0 Å². The second-order valence-corrected chi connectivity index (χ2v) is 6.33. The molecule has 4 rings (SSSR count). The Hall–Kier alpha value is -2.84. The molecule has 0 radical (unpaired) electrons. The second-order valence-electron chi connectivity index (χ2n) is 6.33. The normalized spacial score (nSPS) is 16.1. The highest BCUT2D eigenvalue weighted by atomic mass is 16.7. The first-order valence-corrected chi connectivity index (χ1v) is 8.99. The van der Waals surface area contributed by atoms with E-state index in [4.69, 9.17) is 14.2 Å². The number of nitrogens with one attached hydrogen (secondary N) is 2. The summed E-state index contributed by atoms with van der Waals surface area (Å²) in [5.41, 5.74) is 2.01. The van der Waals surface area contributed by atoms with Crippen molar-refractivity contribution in [1.82, 2.24) is 15.2 Å². The Balaban J connectivity index is 1.33. The summed E-state index contributed by atoms with van der Waals surface area (Å²) >= 11 is 0. The molecular formula is C19H22N4O4. The van der Waals surface area contributed by atoms with Gasteiger partial charge in [0.05, 0.1) is 13.2 Å². The predicted molar refractivity (Wildman–Crippen MR) is 99.7 cm³/mol. The molecule has 0 spiro atoms. The van der Waals surface area contributed by atoms with E-state index in [1.165, 1.54) is 0 Å². The number of carbonyl (C=O) groups is 1. The van der Waals surface area contributed by atoms with Gasteiger partial charge in [0.2, 0.25) is 6.79 Å². The van der Waals surface area contributed by atoms with Crippen molar-refractivity contribution in [2.24, 2.45) is 0 Å². The zero-order valence-electron chi connectivity index (χ0n) is 14.9. The van der Waals surface area contributed by atoms with E-state index < -0.39 is 0 Å². The Bertz CT molecular complexity index is 808. The lowest BCUT2D eigenvalue weighted by Gasteiger charge is -2.26. The van der Waals surface area contributed by atoms with Crippen LogP contribution in [-0.2, 0) is 4.74 Å². The molecule has 0 unspecified atom stereocenters. The lowest BCUT2D eigenvalue weighted by atomic mass is 10.2. The molecule has 2 aromatic rings. The quantitative estimate of drug-likeness (QED) is 0.799. The van der Waals surface area contributed by atoms with E-state index in [9.17, 15) is 4.79 Å². The van der Waals surface area contributed by atoms with Crippen LogP contribution in [0, 0.1) is 0 Å². The summed E-state index contributed by atoms with van der Waals surface area (Å²) in [7, 11) is 0. The number of anilines is 2. The average molecular weight is 370 g/mol. The van der Waals surface area contributed by atoms with Gasteiger partial charge in [-0.3, -0.25) is 14.7 Å². The molecule has 1 aromatic carbocycles. The summed E-state index contributed by atoms with van der Waals surface area (Å²) in [5, 5.41) is 6.18. The van der Waals surface area contributed by atoms with Gasteiger partial charge in [-0.1, -0.05) is 0 Å². The molecule has 27 heavy (non-hydrogen) atoms. The van der Waals surface area contributed by atoms with E-state index in [1.807, 2.05) is 24.3 Å². The number of benzene rings is 1. The summed E-state index contributed by atoms with van der Waals surface area (Å²) in [6.45, 7) is 4.95. The van der Waals surface area contributed by atoms with Crippen LogP contribution in [0.2, 0.25) is 0 Å². The van der Waals surface area contributed by atoms with Crippen molar-refractivity contribution in [1.29, 1.82) is 0 Å². The molecule has 1 amide bonds. The van der Waals surface area contributed by atoms with Crippen molar-refractivity contribution < 1.29 is 19.0 Å². The van der Waals surface area contributed by atoms with Gasteiger partial charge in [-0.15, -0.1) is 0 Å². The predicted octanol–water partition coefficient (Wildman–Crippen LogP) is 1.62. The molecule has 0 aliphatic carbocycles. The smallest absolute Gasteiger partial charge is 0.269 e. The van der Waals surface area contributed by atoms with Crippen LogP contribution in [0.5, 0.6) is 11.5 Å². The standard InChI is InChI=1S/C19H22N4O4/c24-19(21-5-6-23-7-9-25-10-8-23)16-11-15(3-4-20-16)22-14-1-2-17-18(12-14)27-13-26-17/h1-4,11-12H,5-10,13H2,(H,20,22)(H,21,24). The first-order chi connectivity index (χ1) is 13.3. The van der Waals surface area contributed by atoms with Crippen molar-refractivity contribution >= 4 is 17.3 Å². The van der Waals surface area contributed by atoms with Crippen LogP contribution in [-0.4, -0.2) is 62.0 Å². The number of rotatable bonds is 6. The molecule has 2 aliphatic rings. The van der Waals surface area contributed by atoms with Gasteiger partial charge < -0.3 is 24.8 Å². The summed E-state index contributed by atoms with van der Waals surface area (Å²) in [6, 6.07) is 9.16. The van der Waals surface area contributed by atoms with Gasteiger partial charge in [-0.2, -0.15) is 0 Å². The maximum atomic E-state index is 12.4. The molecule has 1 saturated heterocycles. The molecule has 8 nitrogen and oxygen atoms in total. The SMILES string of the molecule is O=C(NCCN1CCOCC1)c1cc(Nc2ccc3c(c2)OCO3)ccn1. The van der Waals surface area contributed by atoms with E-state index >= 15 is 0 Å². The molecule has 0 saturated carbocycles. The third-order valence-corrected chi connectivity index (χ3v) is 4.47. The van der Waals surface area contributed by atoms with Gasteiger partial charge in [-0.05, 0) is 24.3 Å². The number of hydrogen-bond acceptors (Lipinski definition) is 7. The average Bonchev–Trinajstić information content (AvgIpc) is 3.17. The van der Waals surface area contributed by atoms with Gasteiger partial charge in [-0.25, -0.2) is 0 Å². The van der Waals surface area contributed by atoms with E-state index in [0.717, 1.165) is 50.0 Å².